The summed E-state index contributed by atoms with van der Waals surface area (Å²) in [5, 5.41) is 21.7. The van der Waals surface area contributed by atoms with E-state index in [0.717, 1.165) is 0 Å². The summed E-state index contributed by atoms with van der Waals surface area (Å²) in [7, 11) is -7.18. The van der Waals surface area contributed by atoms with Crippen LogP contribution in [0, 0.1) is 13.8 Å². The van der Waals surface area contributed by atoms with Crippen LogP contribution in [0.5, 0.6) is 5.75 Å². The molecule has 0 bridgehead atoms. The van der Waals surface area contributed by atoms with Gasteiger partial charge in [0.15, 0.2) is 5.75 Å². The SMILES string of the molecule is Cc1c(CN=[N+]=[N-])cc(B(O)O)c(C)c1OS(=O)(=O)F. The molecule has 1 rings (SSSR count). The molecule has 20 heavy (non-hydrogen) atoms. The monoisotopic (exact) mass is 303 g/mol. The summed E-state index contributed by atoms with van der Waals surface area (Å²) in [6.07, 6.45) is 0. The Bertz CT molecular complexity index is 673. The first-order chi connectivity index (χ1) is 9.17. The van der Waals surface area contributed by atoms with Gasteiger partial charge >= 0.3 is 17.6 Å². The Kier molecular flexibility index (Phi) is 4.95. The van der Waals surface area contributed by atoms with Gasteiger partial charge in [0.05, 0.1) is 6.54 Å². The highest BCUT2D eigenvalue weighted by atomic mass is 32.3. The van der Waals surface area contributed by atoms with E-state index in [-0.39, 0.29) is 34.4 Å². The maximum atomic E-state index is 12.7. The molecule has 1 aromatic rings. The van der Waals surface area contributed by atoms with E-state index in [9.17, 15) is 22.4 Å². The third kappa shape index (κ3) is 3.84. The van der Waals surface area contributed by atoms with Crippen LogP contribution in [-0.2, 0) is 17.0 Å². The Morgan fingerprint density at radius 3 is 2.50 bits per heavy atom. The van der Waals surface area contributed by atoms with Crippen LogP contribution < -0.4 is 9.65 Å². The van der Waals surface area contributed by atoms with Crippen molar-refractivity contribution < 1.29 is 26.5 Å². The van der Waals surface area contributed by atoms with Crippen molar-refractivity contribution in [1.29, 1.82) is 0 Å². The first-order valence-electron chi connectivity index (χ1n) is 5.31. The fraction of sp³-hybridized carbons (Fsp3) is 0.333. The lowest BCUT2D eigenvalue weighted by Crippen LogP contribution is -2.33. The standard InChI is InChI=1S/C9H11BFN3O5S/c1-5-7(4-13-14-12)3-8(10(15)16)6(2)9(5)19-20(11,17)18/h3,15-16H,4H2,1-2H3. The van der Waals surface area contributed by atoms with Crippen LogP contribution in [0.25, 0.3) is 10.4 Å². The molecule has 0 saturated heterocycles. The van der Waals surface area contributed by atoms with Crippen LogP contribution in [0.15, 0.2) is 11.2 Å². The van der Waals surface area contributed by atoms with Crippen molar-refractivity contribution in [2.45, 2.75) is 20.4 Å². The molecule has 0 aromatic heterocycles. The zero-order chi connectivity index (χ0) is 15.5. The largest absolute Gasteiger partial charge is 0.488 e. The fourth-order valence-electron chi connectivity index (χ4n) is 1.73. The highest BCUT2D eigenvalue weighted by Gasteiger charge is 2.24. The van der Waals surface area contributed by atoms with E-state index in [1.165, 1.54) is 19.9 Å². The molecule has 0 aliphatic carbocycles. The van der Waals surface area contributed by atoms with Gasteiger partial charge in [-0.1, -0.05) is 15.1 Å². The number of hydrogen-bond donors (Lipinski definition) is 2. The molecule has 0 fully saturated rings. The number of azide groups is 1. The maximum Gasteiger partial charge on any atom is 0.488 e. The maximum absolute atomic E-state index is 12.7. The molecule has 0 atom stereocenters. The van der Waals surface area contributed by atoms with Crippen molar-refractivity contribution >= 4 is 23.1 Å². The lowest BCUT2D eigenvalue weighted by molar-refractivity contribution is 0.422. The van der Waals surface area contributed by atoms with E-state index in [0.29, 0.717) is 0 Å². The van der Waals surface area contributed by atoms with Gasteiger partial charge in [-0.2, -0.15) is 8.42 Å². The predicted octanol–water partition coefficient (Wildman–Crippen LogP) is 0.387. The van der Waals surface area contributed by atoms with Crippen molar-refractivity contribution in [2.75, 3.05) is 0 Å². The van der Waals surface area contributed by atoms with E-state index in [1.54, 1.807) is 0 Å². The van der Waals surface area contributed by atoms with E-state index >= 15 is 0 Å². The highest BCUT2D eigenvalue weighted by Crippen LogP contribution is 2.27. The van der Waals surface area contributed by atoms with Gasteiger partial charge in [-0.3, -0.25) is 0 Å². The second-order valence-electron chi connectivity index (χ2n) is 3.94. The zero-order valence-electron chi connectivity index (χ0n) is 10.6. The Morgan fingerprint density at radius 2 is 2.05 bits per heavy atom. The molecule has 0 amide bonds. The van der Waals surface area contributed by atoms with Crippen LogP contribution in [0.1, 0.15) is 16.7 Å². The Hall–Kier alpha value is -1.81. The van der Waals surface area contributed by atoms with Crippen LogP contribution in [-0.4, -0.2) is 25.6 Å². The first kappa shape index (κ1) is 16.2. The van der Waals surface area contributed by atoms with E-state index < -0.39 is 17.6 Å². The minimum absolute atomic E-state index is 0.0587. The number of rotatable bonds is 5. The lowest BCUT2D eigenvalue weighted by atomic mass is 9.75. The Balaban J connectivity index is 3.53. The van der Waals surface area contributed by atoms with Crippen LogP contribution in [0.3, 0.4) is 0 Å². The van der Waals surface area contributed by atoms with Gasteiger partial charge in [-0.15, -0.1) is 0 Å². The van der Waals surface area contributed by atoms with E-state index in [1.807, 2.05) is 0 Å². The van der Waals surface area contributed by atoms with E-state index in [4.69, 9.17) is 5.53 Å². The fourth-order valence-corrected chi connectivity index (χ4v) is 2.18. The average Bonchev–Trinajstić information content (AvgIpc) is 2.32. The first-order valence-corrected chi connectivity index (χ1v) is 6.62. The predicted molar refractivity (Wildman–Crippen MR) is 69.2 cm³/mol. The summed E-state index contributed by atoms with van der Waals surface area (Å²) in [4.78, 5) is 2.54. The zero-order valence-corrected chi connectivity index (χ0v) is 11.4. The second kappa shape index (κ2) is 6.10. The molecule has 0 aliphatic rings. The molecule has 108 valence electrons. The number of nitrogens with zero attached hydrogens (tertiary/aromatic N) is 3. The highest BCUT2D eigenvalue weighted by molar-refractivity contribution is 7.81. The molecule has 0 aliphatic heterocycles. The number of hydrogen-bond acceptors (Lipinski definition) is 6. The van der Waals surface area contributed by atoms with Crippen molar-refractivity contribution in [3.05, 3.63) is 33.2 Å². The molecule has 1 aromatic carbocycles. The van der Waals surface area contributed by atoms with Gasteiger partial charge in [0.1, 0.15) is 0 Å². The molecular weight excluding hydrogens is 292 g/mol. The molecule has 8 nitrogen and oxygen atoms in total. The normalized spacial score (nSPS) is 10.8. The topological polar surface area (TPSA) is 133 Å². The van der Waals surface area contributed by atoms with Crippen LogP contribution >= 0.6 is 0 Å². The van der Waals surface area contributed by atoms with Gasteiger partial charge in [0.25, 0.3) is 0 Å². The lowest BCUT2D eigenvalue weighted by Gasteiger charge is -2.16. The summed E-state index contributed by atoms with van der Waals surface area (Å²) >= 11 is 0. The Labute approximate surface area is 115 Å². The minimum atomic E-state index is -5.27. The summed E-state index contributed by atoms with van der Waals surface area (Å²) < 4.78 is 38.1. The second-order valence-corrected chi connectivity index (χ2v) is 4.90. The molecule has 0 radical (unpaired) electrons. The van der Waals surface area contributed by atoms with Gasteiger partial charge in [0, 0.05) is 4.91 Å². The van der Waals surface area contributed by atoms with Gasteiger partial charge in [-0.25, -0.2) is 0 Å². The van der Waals surface area contributed by atoms with Gasteiger partial charge in [0.2, 0.25) is 0 Å². The minimum Gasteiger partial charge on any atom is -0.423 e. The quantitative estimate of drug-likeness (QED) is 0.267. The van der Waals surface area contributed by atoms with Crippen LogP contribution in [0.2, 0.25) is 0 Å². The Morgan fingerprint density at radius 1 is 1.45 bits per heavy atom. The molecular formula is C9H11BFN3O5S. The molecule has 0 heterocycles. The van der Waals surface area contributed by atoms with Gasteiger partial charge < -0.3 is 14.2 Å². The average molecular weight is 303 g/mol. The third-order valence-electron chi connectivity index (χ3n) is 2.69. The number of benzene rings is 1. The van der Waals surface area contributed by atoms with Crippen molar-refractivity contribution in [1.82, 2.24) is 0 Å². The molecule has 2 N–H and O–H groups in total. The summed E-state index contributed by atoms with van der Waals surface area (Å²) in [6.45, 7) is 2.61. The van der Waals surface area contributed by atoms with Crippen LogP contribution in [0.4, 0.5) is 3.89 Å². The van der Waals surface area contributed by atoms with Crippen molar-refractivity contribution in [2.24, 2.45) is 5.11 Å². The summed E-state index contributed by atoms with van der Waals surface area (Å²) in [5.74, 6) is -0.360. The number of halogens is 1. The molecule has 0 unspecified atom stereocenters. The van der Waals surface area contributed by atoms with E-state index in [2.05, 4.69) is 14.2 Å². The smallest absolute Gasteiger partial charge is 0.423 e. The molecule has 0 spiro atoms. The molecule has 0 saturated carbocycles. The van der Waals surface area contributed by atoms with Crippen molar-refractivity contribution in [3.8, 4) is 5.75 Å². The molecule has 11 heteroatoms. The third-order valence-corrected chi connectivity index (χ3v) is 3.06. The summed E-state index contributed by atoms with van der Waals surface area (Å²) in [6, 6.07) is 1.32. The van der Waals surface area contributed by atoms with Gasteiger partial charge in [-0.05, 0) is 41.5 Å². The summed E-state index contributed by atoms with van der Waals surface area (Å²) in [5.41, 5.74) is 8.78. The van der Waals surface area contributed by atoms with Crippen molar-refractivity contribution in [3.63, 3.8) is 0 Å².